The van der Waals surface area contributed by atoms with E-state index < -0.39 is 11.9 Å². The van der Waals surface area contributed by atoms with Gasteiger partial charge in [0.25, 0.3) is 11.5 Å². The highest BCUT2D eigenvalue weighted by atomic mass is 16.5. The minimum Gasteiger partial charge on any atom is -0.496 e. The van der Waals surface area contributed by atoms with Gasteiger partial charge in [0.05, 0.1) is 18.1 Å². The molecule has 15 heteroatoms. The smallest absolute Gasteiger partial charge is 0.329 e. The third kappa shape index (κ3) is 7.40. The van der Waals surface area contributed by atoms with Crippen molar-refractivity contribution in [1.29, 1.82) is 0 Å². The number of rotatable bonds is 10. The maximum absolute atomic E-state index is 13.4. The molecule has 15 nitrogen and oxygen atoms in total. The number of aliphatic imine (C=N–C) groups is 1. The number of urea groups is 1. The molecule has 0 spiro atoms. The molecule has 4 amide bonds. The van der Waals surface area contributed by atoms with Gasteiger partial charge in [-0.05, 0) is 74.8 Å². The van der Waals surface area contributed by atoms with E-state index in [1.54, 1.807) is 41.2 Å². The predicted octanol–water partition coefficient (Wildman–Crippen LogP) is 4.41. The predicted molar refractivity (Wildman–Crippen MR) is 206 cm³/mol. The van der Waals surface area contributed by atoms with E-state index in [-0.39, 0.29) is 47.8 Å². The van der Waals surface area contributed by atoms with Crippen molar-refractivity contribution in [2.45, 2.75) is 57.0 Å². The maximum Gasteiger partial charge on any atom is 0.329 e. The second kappa shape index (κ2) is 15.0. The minimum absolute atomic E-state index is 0.181. The van der Waals surface area contributed by atoms with Crippen molar-refractivity contribution in [3.05, 3.63) is 70.1 Å². The number of amides is 4. The zero-order valence-corrected chi connectivity index (χ0v) is 30.3. The standard InChI is InChI=1S/C39H45N9O6/c1-53-33-21-31(40)25(19-30(33)37(50)42-32-3-2-13-47(38(32)51)27-8-9-27)22-41-26-6-4-24(5-7-26)23-45-15-17-46(18-16-45)28-10-11-29-34(20-28)54-44-36(29)48-14-12-35(49)43-39(48)52/h2-3,10-11,13,19-22,24,26-27H,4-9,12,14-18,23,40H2,1H3,(H,42,50)(H,43,49,52). The van der Waals surface area contributed by atoms with E-state index in [4.69, 9.17) is 20.0 Å². The lowest BCUT2D eigenvalue weighted by atomic mass is 9.86. The number of benzene rings is 2. The molecular weight excluding hydrogens is 690 g/mol. The van der Waals surface area contributed by atoms with Crippen molar-refractivity contribution < 1.29 is 23.6 Å². The molecule has 282 valence electrons. The zero-order chi connectivity index (χ0) is 37.3. The SMILES string of the molecule is COc1cc(N)c(C=NC2CCC(CN3CCN(c4ccc5c(N6CCC(=O)NC6=O)noc5c4)CC3)CC2)cc1C(=O)Nc1cccn(C2CC2)c1=O. The number of piperazine rings is 1. The van der Waals surface area contributed by atoms with Gasteiger partial charge in [0.2, 0.25) is 5.91 Å². The molecule has 2 saturated carbocycles. The number of ether oxygens (including phenoxy) is 1. The molecular formula is C39H45N9O6. The Morgan fingerprint density at radius 1 is 1.04 bits per heavy atom. The van der Waals surface area contributed by atoms with Gasteiger partial charge < -0.3 is 29.8 Å². The van der Waals surface area contributed by atoms with E-state index >= 15 is 0 Å². The highest BCUT2D eigenvalue weighted by Crippen LogP contribution is 2.34. The van der Waals surface area contributed by atoms with Crippen molar-refractivity contribution in [1.82, 2.24) is 19.9 Å². The van der Waals surface area contributed by atoms with Gasteiger partial charge in [-0.25, -0.2) is 4.79 Å². The number of pyridine rings is 1. The topological polar surface area (TPSA) is 181 Å². The monoisotopic (exact) mass is 735 g/mol. The quantitative estimate of drug-likeness (QED) is 0.156. The van der Waals surface area contributed by atoms with E-state index in [1.165, 1.54) is 12.0 Å². The fourth-order valence-corrected chi connectivity index (χ4v) is 7.79. The Hall–Kier alpha value is -5.70. The van der Waals surface area contributed by atoms with Crippen LogP contribution in [0.3, 0.4) is 0 Å². The van der Waals surface area contributed by atoms with Crippen LogP contribution in [0.25, 0.3) is 11.0 Å². The van der Waals surface area contributed by atoms with Crippen LogP contribution < -0.4 is 36.5 Å². The van der Waals surface area contributed by atoms with Crippen LogP contribution in [0.15, 0.2) is 63.0 Å². The molecule has 2 aromatic heterocycles. The highest BCUT2D eigenvalue weighted by Gasteiger charge is 2.30. The lowest BCUT2D eigenvalue weighted by Gasteiger charge is -2.38. The number of anilines is 4. The van der Waals surface area contributed by atoms with Crippen molar-refractivity contribution >= 4 is 57.9 Å². The Bertz CT molecular complexity index is 2160. The second-order valence-electron chi connectivity index (χ2n) is 14.7. The van der Waals surface area contributed by atoms with E-state index in [1.807, 2.05) is 18.2 Å². The summed E-state index contributed by atoms with van der Waals surface area (Å²) < 4.78 is 12.8. The average Bonchev–Trinajstić information content (AvgIpc) is 3.94. The van der Waals surface area contributed by atoms with Gasteiger partial charge >= 0.3 is 6.03 Å². The summed E-state index contributed by atoms with van der Waals surface area (Å²) in [5, 5.41) is 9.99. The molecule has 8 rings (SSSR count). The van der Waals surface area contributed by atoms with E-state index in [9.17, 15) is 19.2 Å². The van der Waals surface area contributed by atoms with Crippen LogP contribution in [0.4, 0.5) is 27.7 Å². The summed E-state index contributed by atoms with van der Waals surface area (Å²) in [7, 11) is 1.49. The van der Waals surface area contributed by atoms with Gasteiger partial charge in [0.15, 0.2) is 11.4 Å². The van der Waals surface area contributed by atoms with Crippen LogP contribution in [0, 0.1) is 5.92 Å². The van der Waals surface area contributed by atoms with Crippen LogP contribution in [0.1, 0.15) is 66.9 Å². The minimum atomic E-state index is -0.481. The summed E-state index contributed by atoms with van der Waals surface area (Å²) in [5.41, 5.74) is 9.43. The number of hydrogen-bond donors (Lipinski definition) is 3. The van der Waals surface area contributed by atoms with Gasteiger partial charge in [-0.15, -0.1) is 0 Å². The first-order chi connectivity index (χ1) is 26.2. The van der Waals surface area contributed by atoms with Gasteiger partial charge in [0.1, 0.15) is 11.4 Å². The molecule has 0 atom stereocenters. The number of nitrogens with zero attached hydrogens (tertiary/aromatic N) is 6. The number of methoxy groups -OCH3 is 1. The summed E-state index contributed by atoms with van der Waals surface area (Å²) in [4.78, 5) is 61.4. The van der Waals surface area contributed by atoms with Gasteiger partial charge in [0, 0.05) is 99.3 Å². The van der Waals surface area contributed by atoms with Crippen LogP contribution in [-0.4, -0.2) is 91.1 Å². The number of carbonyl (C=O) groups excluding carboxylic acids is 3. The third-order valence-corrected chi connectivity index (χ3v) is 11.1. The van der Waals surface area contributed by atoms with Crippen molar-refractivity contribution in [2.75, 3.05) is 67.2 Å². The molecule has 4 aliphatic rings. The van der Waals surface area contributed by atoms with E-state index in [0.717, 1.165) is 82.3 Å². The number of nitrogens with one attached hydrogen (secondary N) is 2. The van der Waals surface area contributed by atoms with Gasteiger partial charge in [-0.1, -0.05) is 5.16 Å². The Kier molecular flexibility index (Phi) is 9.80. The molecule has 2 aromatic carbocycles. The van der Waals surface area contributed by atoms with Crippen LogP contribution >= 0.6 is 0 Å². The number of nitrogen functional groups attached to an aromatic ring is 1. The van der Waals surface area contributed by atoms with Crippen molar-refractivity contribution in [3.63, 3.8) is 0 Å². The molecule has 2 aliphatic heterocycles. The normalized spacial score (nSPS) is 21.1. The Morgan fingerprint density at radius 3 is 2.57 bits per heavy atom. The van der Waals surface area contributed by atoms with E-state index in [2.05, 4.69) is 25.6 Å². The zero-order valence-electron chi connectivity index (χ0n) is 30.3. The molecule has 4 N–H and O–H groups in total. The number of imide groups is 1. The van der Waals surface area contributed by atoms with Crippen LogP contribution in [-0.2, 0) is 4.79 Å². The number of carbonyl (C=O) groups is 3. The van der Waals surface area contributed by atoms with Crippen molar-refractivity contribution in [2.24, 2.45) is 10.9 Å². The molecule has 4 heterocycles. The first-order valence-corrected chi connectivity index (χ1v) is 18.8. The summed E-state index contributed by atoms with van der Waals surface area (Å²) in [6.07, 6.45) is 9.85. The molecule has 0 unspecified atom stereocenters. The summed E-state index contributed by atoms with van der Waals surface area (Å²) in [5.74, 6) is 0.639. The summed E-state index contributed by atoms with van der Waals surface area (Å²) in [6.45, 7) is 5.06. The number of nitrogens with two attached hydrogens (primary N) is 1. The van der Waals surface area contributed by atoms with Crippen LogP contribution in [0.2, 0.25) is 0 Å². The lowest BCUT2D eigenvalue weighted by Crippen LogP contribution is -2.49. The third-order valence-electron chi connectivity index (χ3n) is 11.1. The fraction of sp³-hybridized carbons (Fsp3) is 0.436. The Labute approximate surface area is 312 Å². The molecule has 0 bridgehead atoms. The molecule has 2 aliphatic carbocycles. The van der Waals surface area contributed by atoms with E-state index in [0.29, 0.717) is 34.3 Å². The molecule has 2 saturated heterocycles. The van der Waals surface area contributed by atoms with Gasteiger partial charge in [-0.2, -0.15) is 0 Å². The largest absolute Gasteiger partial charge is 0.496 e. The average molecular weight is 736 g/mol. The van der Waals surface area contributed by atoms with Crippen LogP contribution in [0.5, 0.6) is 5.75 Å². The first kappa shape index (κ1) is 35.3. The number of fused-ring (bicyclic) bond motifs is 1. The summed E-state index contributed by atoms with van der Waals surface area (Å²) in [6, 6.07) is 12.6. The Balaban J connectivity index is 0.825. The second-order valence-corrected chi connectivity index (χ2v) is 14.7. The number of hydrogen-bond acceptors (Lipinski definition) is 11. The highest BCUT2D eigenvalue weighted by molar-refractivity contribution is 6.09. The molecule has 0 radical (unpaired) electrons. The maximum atomic E-state index is 13.4. The van der Waals surface area contributed by atoms with Gasteiger partial charge in [-0.3, -0.25) is 34.5 Å². The first-order valence-electron chi connectivity index (χ1n) is 18.8. The Morgan fingerprint density at radius 2 is 1.83 bits per heavy atom. The number of aromatic nitrogens is 2. The lowest BCUT2D eigenvalue weighted by molar-refractivity contribution is -0.120. The molecule has 54 heavy (non-hydrogen) atoms. The van der Waals surface area contributed by atoms with Crippen molar-refractivity contribution in [3.8, 4) is 5.75 Å². The fourth-order valence-electron chi connectivity index (χ4n) is 7.79. The summed E-state index contributed by atoms with van der Waals surface area (Å²) >= 11 is 0. The molecule has 4 fully saturated rings. The molecule has 4 aromatic rings.